The van der Waals surface area contributed by atoms with Gasteiger partial charge in [-0.05, 0) is 36.6 Å². The first-order chi connectivity index (χ1) is 7.63. The number of halogens is 2. The molecule has 0 radical (unpaired) electrons. The maximum absolute atomic E-state index is 13.1. The topological polar surface area (TPSA) is 17.1 Å². The van der Waals surface area contributed by atoms with Crippen molar-refractivity contribution >= 4 is 21.7 Å². The Kier molecular flexibility index (Phi) is 3.54. The summed E-state index contributed by atoms with van der Waals surface area (Å²) in [4.78, 5) is 11.1. The zero-order chi connectivity index (χ0) is 11.5. The summed E-state index contributed by atoms with van der Waals surface area (Å²) >= 11 is 3.27. The maximum atomic E-state index is 13.1. The van der Waals surface area contributed by atoms with E-state index in [-0.39, 0.29) is 5.82 Å². The molecule has 0 saturated heterocycles. The first-order valence-electron chi connectivity index (χ1n) is 5.28. The lowest BCUT2D eigenvalue weighted by Crippen LogP contribution is -2.05. The van der Waals surface area contributed by atoms with Gasteiger partial charge in [-0.2, -0.15) is 0 Å². The summed E-state index contributed by atoms with van der Waals surface area (Å²) in [6.07, 6.45) is 4.69. The van der Waals surface area contributed by atoms with Crippen LogP contribution >= 0.6 is 15.9 Å². The number of hydrogen-bond acceptors (Lipinski definition) is 1. The van der Waals surface area contributed by atoms with Gasteiger partial charge in [-0.1, -0.05) is 27.6 Å². The van der Waals surface area contributed by atoms with Crippen LogP contribution in [-0.4, -0.2) is 5.78 Å². The molecular weight excluding hydrogens is 271 g/mol. The van der Waals surface area contributed by atoms with E-state index >= 15 is 0 Å². The summed E-state index contributed by atoms with van der Waals surface area (Å²) in [5.41, 5.74) is 2.18. The van der Waals surface area contributed by atoms with Crippen molar-refractivity contribution in [3.8, 4) is 0 Å². The van der Waals surface area contributed by atoms with Crippen LogP contribution in [0, 0.1) is 5.82 Å². The van der Waals surface area contributed by atoms with Gasteiger partial charge in [0.05, 0.1) is 0 Å². The second-order valence-electron chi connectivity index (χ2n) is 4.06. The summed E-state index contributed by atoms with van der Waals surface area (Å²) in [5.74, 6) is 0.0704. The van der Waals surface area contributed by atoms with Gasteiger partial charge < -0.3 is 0 Å². The molecule has 0 saturated carbocycles. The highest BCUT2D eigenvalue weighted by Crippen LogP contribution is 2.22. The Hall–Kier alpha value is -0.960. The molecule has 1 aliphatic rings. The first-order valence-corrected chi connectivity index (χ1v) is 6.07. The highest BCUT2D eigenvalue weighted by Gasteiger charge is 2.11. The molecule has 0 aliphatic heterocycles. The minimum Gasteiger partial charge on any atom is -0.299 e. The predicted octanol–water partition coefficient (Wildman–Crippen LogP) is 3.81. The minimum atomic E-state index is -0.225. The van der Waals surface area contributed by atoms with E-state index in [2.05, 4.69) is 15.9 Å². The Morgan fingerprint density at radius 2 is 2.06 bits per heavy atom. The van der Waals surface area contributed by atoms with Gasteiger partial charge >= 0.3 is 0 Å². The van der Waals surface area contributed by atoms with E-state index in [1.54, 1.807) is 6.07 Å². The van der Waals surface area contributed by atoms with Crippen molar-refractivity contribution in [2.75, 3.05) is 0 Å². The average molecular weight is 283 g/mol. The third-order valence-electron chi connectivity index (χ3n) is 2.70. The van der Waals surface area contributed by atoms with E-state index < -0.39 is 0 Å². The van der Waals surface area contributed by atoms with Crippen molar-refractivity contribution in [2.24, 2.45) is 0 Å². The smallest absolute Gasteiger partial charge is 0.136 e. The molecule has 0 bridgehead atoms. The number of benzene rings is 1. The van der Waals surface area contributed by atoms with Gasteiger partial charge in [0, 0.05) is 17.3 Å². The second-order valence-corrected chi connectivity index (χ2v) is 4.98. The van der Waals surface area contributed by atoms with Crippen LogP contribution in [0.15, 0.2) is 34.3 Å². The van der Waals surface area contributed by atoms with Gasteiger partial charge in [-0.3, -0.25) is 4.79 Å². The van der Waals surface area contributed by atoms with Crippen molar-refractivity contribution in [3.63, 3.8) is 0 Å². The summed E-state index contributed by atoms with van der Waals surface area (Å²) < 4.78 is 13.9. The molecule has 0 N–H and O–H groups in total. The monoisotopic (exact) mass is 282 g/mol. The molecule has 0 spiro atoms. The van der Waals surface area contributed by atoms with E-state index in [4.69, 9.17) is 0 Å². The van der Waals surface area contributed by atoms with Gasteiger partial charge in [-0.15, -0.1) is 0 Å². The van der Waals surface area contributed by atoms with E-state index in [1.807, 2.05) is 12.1 Å². The van der Waals surface area contributed by atoms with Gasteiger partial charge in [0.2, 0.25) is 0 Å². The van der Waals surface area contributed by atoms with Crippen LogP contribution in [0.1, 0.15) is 24.8 Å². The minimum absolute atomic E-state index is 0.225. The third-order valence-corrected chi connectivity index (χ3v) is 3.15. The molecule has 0 atom stereocenters. The second kappa shape index (κ2) is 4.91. The molecule has 16 heavy (non-hydrogen) atoms. The molecule has 0 unspecified atom stereocenters. The molecule has 1 aromatic carbocycles. The van der Waals surface area contributed by atoms with Crippen molar-refractivity contribution in [1.29, 1.82) is 0 Å². The number of carbonyl (C=O) groups is 1. The van der Waals surface area contributed by atoms with Crippen LogP contribution in [0.25, 0.3) is 0 Å². The lowest BCUT2D eigenvalue weighted by Gasteiger charge is -2.12. The van der Waals surface area contributed by atoms with E-state index in [1.165, 1.54) is 11.6 Å². The lowest BCUT2D eigenvalue weighted by atomic mass is 9.93. The van der Waals surface area contributed by atoms with Crippen LogP contribution in [0.5, 0.6) is 0 Å². The Morgan fingerprint density at radius 1 is 1.25 bits per heavy atom. The average Bonchev–Trinajstić information content (AvgIpc) is 2.20. The van der Waals surface area contributed by atoms with Crippen molar-refractivity contribution < 1.29 is 9.18 Å². The van der Waals surface area contributed by atoms with E-state index in [0.29, 0.717) is 18.6 Å². The predicted molar refractivity (Wildman–Crippen MR) is 64.7 cm³/mol. The zero-order valence-corrected chi connectivity index (χ0v) is 10.4. The van der Waals surface area contributed by atoms with Gasteiger partial charge in [0.1, 0.15) is 11.6 Å². The molecule has 1 aliphatic carbocycles. The Bertz CT molecular complexity index is 431. The molecule has 1 aromatic rings. The highest BCUT2D eigenvalue weighted by atomic mass is 79.9. The summed E-state index contributed by atoms with van der Waals surface area (Å²) in [6, 6.07) is 4.91. The standard InChI is InChI=1S/C13H12BrFO/c14-11-6-10(7-12(15)8-11)5-9-1-3-13(16)4-2-9/h1,6-8H,2-5H2. The Morgan fingerprint density at radius 3 is 2.69 bits per heavy atom. The van der Waals surface area contributed by atoms with Crippen LogP contribution in [0.4, 0.5) is 4.39 Å². The van der Waals surface area contributed by atoms with E-state index in [0.717, 1.165) is 22.9 Å². The van der Waals surface area contributed by atoms with Gasteiger partial charge in [0.25, 0.3) is 0 Å². The number of rotatable bonds is 2. The summed E-state index contributed by atoms with van der Waals surface area (Å²) in [5, 5.41) is 0. The Balaban J connectivity index is 2.12. The number of allylic oxidation sites excluding steroid dienone is 2. The van der Waals surface area contributed by atoms with Crippen molar-refractivity contribution in [1.82, 2.24) is 0 Å². The number of hydrogen-bond donors (Lipinski definition) is 0. The van der Waals surface area contributed by atoms with Crippen LogP contribution in [0.2, 0.25) is 0 Å². The molecule has 1 nitrogen and oxygen atoms in total. The third kappa shape index (κ3) is 3.01. The van der Waals surface area contributed by atoms with Crippen LogP contribution in [0.3, 0.4) is 0 Å². The van der Waals surface area contributed by atoms with Crippen molar-refractivity contribution in [2.45, 2.75) is 25.7 Å². The molecule has 0 heterocycles. The SMILES string of the molecule is O=C1CC=C(Cc2cc(F)cc(Br)c2)CC1. The molecule has 0 amide bonds. The maximum Gasteiger partial charge on any atom is 0.136 e. The summed E-state index contributed by atoms with van der Waals surface area (Å²) in [7, 11) is 0. The molecule has 0 aromatic heterocycles. The lowest BCUT2D eigenvalue weighted by molar-refractivity contribution is -0.118. The van der Waals surface area contributed by atoms with Crippen LogP contribution in [-0.2, 0) is 11.2 Å². The molecule has 3 heteroatoms. The summed E-state index contributed by atoms with van der Waals surface area (Å²) in [6.45, 7) is 0. The molecular formula is C13H12BrFO. The normalized spacial score (nSPS) is 16.1. The molecule has 0 fully saturated rings. The fraction of sp³-hybridized carbons (Fsp3) is 0.308. The largest absolute Gasteiger partial charge is 0.299 e. The Labute approximate surface area is 102 Å². The molecule has 2 rings (SSSR count). The van der Waals surface area contributed by atoms with Crippen LogP contribution < -0.4 is 0 Å². The van der Waals surface area contributed by atoms with E-state index in [9.17, 15) is 9.18 Å². The van der Waals surface area contributed by atoms with Gasteiger partial charge in [-0.25, -0.2) is 4.39 Å². The number of ketones is 1. The van der Waals surface area contributed by atoms with Gasteiger partial charge in [0.15, 0.2) is 0 Å². The molecule has 84 valence electrons. The quantitative estimate of drug-likeness (QED) is 0.754. The van der Waals surface area contributed by atoms with Crippen molar-refractivity contribution in [3.05, 3.63) is 45.7 Å². The first kappa shape index (κ1) is 11.5. The fourth-order valence-corrected chi connectivity index (χ4v) is 2.41. The highest BCUT2D eigenvalue weighted by molar-refractivity contribution is 9.10. The number of Topliss-reactive ketones (excluding diaryl/α,β-unsaturated/α-hetero) is 1. The number of carbonyl (C=O) groups excluding carboxylic acids is 1. The fourth-order valence-electron chi connectivity index (χ4n) is 1.90. The zero-order valence-electron chi connectivity index (χ0n) is 8.80.